The van der Waals surface area contributed by atoms with Gasteiger partial charge < -0.3 is 5.32 Å². The first kappa shape index (κ1) is 17.4. The molecule has 0 spiro atoms. The molecule has 0 atom stereocenters. The molecule has 3 rings (SSSR count). The van der Waals surface area contributed by atoms with Crippen molar-refractivity contribution < 1.29 is 9.18 Å². The third kappa shape index (κ3) is 4.78. The Morgan fingerprint density at radius 3 is 2.56 bits per heavy atom. The second-order valence-electron chi connectivity index (χ2n) is 5.09. The molecule has 0 bridgehead atoms. The van der Waals surface area contributed by atoms with Gasteiger partial charge in [0.2, 0.25) is 5.91 Å². The maximum Gasteiger partial charge on any atom is 0.234 e. The quantitative estimate of drug-likeness (QED) is 0.660. The Labute approximate surface area is 153 Å². The van der Waals surface area contributed by atoms with Crippen molar-refractivity contribution >= 4 is 35.0 Å². The zero-order valence-corrected chi connectivity index (χ0v) is 14.5. The summed E-state index contributed by atoms with van der Waals surface area (Å²) in [5.74, 6) is -0.695. The lowest BCUT2D eigenvalue weighted by molar-refractivity contribution is -0.113. The van der Waals surface area contributed by atoms with Crippen LogP contribution in [-0.2, 0) is 4.79 Å². The molecule has 1 aromatic heterocycles. The summed E-state index contributed by atoms with van der Waals surface area (Å²) < 4.78 is 13.4. The monoisotopic (exact) mass is 373 g/mol. The number of halogens is 2. The molecule has 0 saturated carbocycles. The summed E-state index contributed by atoms with van der Waals surface area (Å²) in [5, 5.41) is 11.5. The van der Waals surface area contributed by atoms with Crippen molar-refractivity contribution in [3.8, 4) is 11.3 Å². The first-order valence-corrected chi connectivity index (χ1v) is 8.75. The molecular formula is C18H13ClFN3OS. The number of carbonyl (C=O) groups excluding carboxylic acids is 1. The minimum absolute atomic E-state index is 0.0150. The Balaban J connectivity index is 1.56. The highest BCUT2D eigenvalue weighted by molar-refractivity contribution is 7.99. The van der Waals surface area contributed by atoms with Crippen LogP contribution in [-0.4, -0.2) is 21.9 Å². The maximum absolute atomic E-state index is 13.4. The lowest BCUT2D eigenvalue weighted by Gasteiger charge is -2.06. The number of benzene rings is 2. The third-order valence-corrected chi connectivity index (χ3v) is 4.49. The molecule has 1 heterocycles. The van der Waals surface area contributed by atoms with Crippen LogP contribution in [0.25, 0.3) is 11.3 Å². The molecule has 3 aromatic rings. The van der Waals surface area contributed by atoms with Crippen molar-refractivity contribution in [2.24, 2.45) is 0 Å². The molecule has 2 aromatic carbocycles. The number of carbonyl (C=O) groups is 1. The van der Waals surface area contributed by atoms with E-state index in [1.54, 1.807) is 6.07 Å². The van der Waals surface area contributed by atoms with Crippen LogP contribution in [0.5, 0.6) is 0 Å². The molecule has 0 radical (unpaired) electrons. The molecule has 7 heteroatoms. The van der Waals surface area contributed by atoms with Gasteiger partial charge in [-0.25, -0.2) is 4.39 Å². The van der Waals surface area contributed by atoms with Gasteiger partial charge in [0.25, 0.3) is 0 Å². The Kier molecular flexibility index (Phi) is 5.63. The Bertz CT molecular complexity index is 875. The first-order chi connectivity index (χ1) is 12.1. The fraction of sp³-hybridized carbons (Fsp3) is 0.0556. The number of rotatable bonds is 5. The van der Waals surface area contributed by atoms with E-state index in [4.69, 9.17) is 11.6 Å². The summed E-state index contributed by atoms with van der Waals surface area (Å²) in [5.41, 5.74) is 2.11. The minimum Gasteiger partial charge on any atom is -0.325 e. The second-order valence-corrected chi connectivity index (χ2v) is 6.49. The van der Waals surface area contributed by atoms with E-state index in [9.17, 15) is 9.18 Å². The molecule has 0 aliphatic heterocycles. The zero-order valence-electron chi connectivity index (χ0n) is 12.9. The number of amides is 1. The molecule has 1 N–H and O–H groups in total. The lowest BCUT2D eigenvalue weighted by atomic mass is 10.1. The van der Waals surface area contributed by atoms with Gasteiger partial charge >= 0.3 is 0 Å². The van der Waals surface area contributed by atoms with Gasteiger partial charge in [-0.15, -0.1) is 10.2 Å². The largest absolute Gasteiger partial charge is 0.325 e. The number of hydrogen-bond acceptors (Lipinski definition) is 4. The maximum atomic E-state index is 13.4. The van der Waals surface area contributed by atoms with Crippen LogP contribution in [0.15, 0.2) is 65.7 Å². The van der Waals surface area contributed by atoms with Gasteiger partial charge in [0, 0.05) is 11.3 Å². The number of anilines is 1. The van der Waals surface area contributed by atoms with Gasteiger partial charge in [0.15, 0.2) is 0 Å². The van der Waals surface area contributed by atoms with Crippen LogP contribution < -0.4 is 5.32 Å². The predicted octanol–water partition coefficient (Wildman–Crippen LogP) is 4.67. The number of hydrogen-bond donors (Lipinski definition) is 1. The van der Waals surface area contributed by atoms with Crippen LogP contribution in [0.3, 0.4) is 0 Å². The number of aromatic nitrogens is 2. The Morgan fingerprint density at radius 2 is 1.88 bits per heavy atom. The van der Waals surface area contributed by atoms with Gasteiger partial charge in [-0.3, -0.25) is 4.79 Å². The second kappa shape index (κ2) is 8.09. The minimum atomic E-state index is -0.575. The highest BCUT2D eigenvalue weighted by Gasteiger charge is 2.08. The van der Waals surface area contributed by atoms with Gasteiger partial charge in [-0.05, 0) is 30.3 Å². The number of thioether (sulfide) groups is 1. The summed E-state index contributed by atoms with van der Waals surface area (Å²) in [7, 11) is 0. The van der Waals surface area contributed by atoms with Crippen molar-refractivity contribution in [3.63, 3.8) is 0 Å². The van der Waals surface area contributed by atoms with Crippen LogP contribution in [0.4, 0.5) is 10.1 Å². The summed E-state index contributed by atoms with van der Waals surface area (Å²) in [6.07, 6.45) is 0. The Hall–Kier alpha value is -2.44. The summed E-state index contributed by atoms with van der Waals surface area (Å²) in [4.78, 5) is 11.9. The molecule has 0 unspecified atom stereocenters. The van der Waals surface area contributed by atoms with Gasteiger partial charge in [-0.1, -0.05) is 53.7 Å². The number of nitrogens with one attached hydrogen (secondary N) is 1. The zero-order chi connectivity index (χ0) is 17.6. The summed E-state index contributed by atoms with van der Waals surface area (Å²) >= 11 is 6.86. The fourth-order valence-corrected chi connectivity index (χ4v) is 2.80. The molecule has 0 fully saturated rings. The van der Waals surface area contributed by atoms with Gasteiger partial charge in [0.1, 0.15) is 10.8 Å². The normalized spacial score (nSPS) is 10.5. The fourth-order valence-electron chi connectivity index (χ4n) is 2.07. The predicted molar refractivity (Wildman–Crippen MR) is 98.2 cm³/mol. The molecule has 126 valence electrons. The standard InChI is InChI=1S/C18H13ClFN3OS/c19-14-7-6-13(10-15(14)20)21-17(24)11-25-18-9-8-16(22-23-18)12-4-2-1-3-5-12/h1-10H,11H2,(H,21,24). The van der Waals surface area contributed by atoms with E-state index in [1.807, 2.05) is 42.5 Å². The Morgan fingerprint density at radius 1 is 1.08 bits per heavy atom. The van der Waals surface area contributed by atoms with E-state index in [0.29, 0.717) is 10.7 Å². The highest BCUT2D eigenvalue weighted by Crippen LogP contribution is 2.21. The van der Waals surface area contributed by atoms with E-state index < -0.39 is 5.82 Å². The van der Waals surface area contributed by atoms with Crippen LogP contribution in [0.1, 0.15) is 0 Å². The van der Waals surface area contributed by atoms with E-state index >= 15 is 0 Å². The smallest absolute Gasteiger partial charge is 0.234 e. The SMILES string of the molecule is O=C(CSc1ccc(-c2ccccc2)nn1)Nc1ccc(Cl)c(F)c1. The van der Waals surface area contributed by atoms with Crippen molar-refractivity contribution in [1.82, 2.24) is 10.2 Å². The molecule has 25 heavy (non-hydrogen) atoms. The summed E-state index contributed by atoms with van der Waals surface area (Å²) in [6, 6.07) is 17.5. The van der Waals surface area contributed by atoms with Crippen molar-refractivity contribution in [3.05, 3.63) is 71.5 Å². The molecule has 0 aliphatic rings. The highest BCUT2D eigenvalue weighted by atomic mass is 35.5. The molecule has 4 nitrogen and oxygen atoms in total. The van der Waals surface area contributed by atoms with Crippen LogP contribution >= 0.6 is 23.4 Å². The van der Waals surface area contributed by atoms with Crippen molar-refractivity contribution in [2.75, 3.05) is 11.1 Å². The van der Waals surface area contributed by atoms with Gasteiger partial charge in [-0.2, -0.15) is 0 Å². The average molecular weight is 374 g/mol. The van der Waals surface area contributed by atoms with E-state index in [0.717, 1.165) is 11.3 Å². The van der Waals surface area contributed by atoms with E-state index in [2.05, 4.69) is 15.5 Å². The molecule has 1 amide bonds. The summed E-state index contributed by atoms with van der Waals surface area (Å²) in [6.45, 7) is 0. The van der Waals surface area contributed by atoms with Crippen molar-refractivity contribution in [1.29, 1.82) is 0 Å². The molecular weight excluding hydrogens is 361 g/mol. The topological polar surface area (TPSA) is 54.9 Å². The average Bonchev–Trinajstić information content (AvgIpc) is 2.64. The van der Waals surface area contributed by atoms with E-state index in [-0.39, 0.29) is 16.7 Å². The van der Waals surface area contributed by atoms with Crippen molar-refractivity contribution in [2.45, 2.75) is 5.03 Å². The van der Waals surface area contributed by atoms with Crippen LogP contribution in [0.2, 0.25) is 5.02 Å². The first-order valence-electron chi connectivity index (χ1n) is 7.39. The van der Waals surface area contributed by atoms with Crippen LogP contribution in [0, 0.1) is 5.82 Å². The third-order valence-electron chi connectivity index (χ3n) is 3.26. The van der Waals surface area contributed by atoms with Gasteiger partial charge in [0.05, 0.1) is 16.5 Å². The van der Waals surface area contributed by atoms with E-state index in [1.165, 1.54) is 23.9 Å². The molecule has 0 aliphatic carbocycles. The number of nitrogens with zero attached hydrogens (tertiary/aromatic N) is 2. The lowest BCUT2D eigenvalue weighted by Crippen LogP contribution is -2.14. The molecule has 0 saturated heterocycles.